The molecule has 7 nitrogen and oxygen atoms in total. The van der Waals surface area contributed by atoms with Gasteiger partial charge in [-0.3, -0.25) is 24.9 Å². The van der Waals surface area contributed by atoms with Crippen LogP contribution in [0.3, 0.4) is 0 Å². The van der Waals surface area contributed by atoms with Crippen LogP contribution in [0.2, 0.25) is 0 Å². The van der Waals surface area contributed by atoms with Crippen LogP contribution in [0.4, 0.5) is 0 Å². The summed E-state index contributed by atoms with van der Waals surface area (Å²) in [4.78, 5) is 36.5. The minimum atomic E-state index is -0.869. The van der Waals surface area contributed by atoms with E-state index in [1.807, 2.05) is 30.5 Å². The maximum atomic E-state index is 14.2. The second kappa shape index (κ2) is 10.5. The highest BCUT2D eigenvalue weighted by Gasteiger charge is 2.49. The molecular weight excluding hydrogens is 532 g/mol. The van der Waals surface area contributed by atoms with Crippen LogP contribution in [0.25, 0.3) is 5.57 Å². The smallest absolute Gasteiger partial charge is 0.320 e. The number of hydrogen-bond acceptors (Lipinski definition) is 5. The van der Waals surface area contributed by atoms with Crippen molar-refractivity contribution in [3.05, 3.63) is 76.4 Å². The monoisotopic (exact) mass is 566 g/mol. The highest BCUT2D eigenvalue weighted by molar-refractivity contribution is 9.10. The maximum absolute atomic E-state index is 14.2. The fourth-order valence-electron chi connectivity index (χ4n) is 5.49. The number of carboxylic acid groups (broad SMARTS) is 1. The number of aliphatic carboxylic acids is 1. The lowest BCUT2D eigenvalue weighted by molar-refractivity contribution is -0.139. The first-order valence-electron chi connectivity index (χ1n) is 12.7. The summed E-state index contributed by atoms with van der Waals surface area (Å²) in [6, 6.07) is 4.89. The van der Waals surface area contributed by atoms with Crippen LogP contribution in [0.5, 0.6) is 0 Å². The zero-order chi connectivity index (χ0) is 27.0. The van der Waals surface area contributed by atoms with Gasteiger partial charge in [0, 0.05) is 40.2 Å². The van der Waals surface area contributed by atoms with Gasteiger partial charge in [-0.25, -0.2) is 0 Å². The van der Waals surface area contributed by atoms with E-state index in [1.54, 1.807) is 23.5 Å². The van der Waals surface area contributed by atoms with Gasteiger partial charge < -0.3 is 10.0 Å². The van der Waals surface area contributed by atoms with Crippen LogP contribution >= 0.6 is 15.9 Å². The summed E-state index contributed by atoms with van der Waals surface area (Å²) in [5, 5.41) is 13.0. The van der Waals surface area contributed by atoms with Crippen LogP contribution < -0.4 is 5.32 Å². The van der Waals surface area contributed by atoms with Gasteiger partial charge in [0.2, 0.25) is 0 Å². The van der Waals surface area contributed by atoms with E-state index in [1.165, 1.54) is 0 Å². The normalized spacial score (nSPS) is 23.9. The Morgan fingerprint density at radius 2 is 2.00 bits per heavy atom. The number of allylic oxidation sites excluding steroid dienone is 2. The van der Waals surface area contributed by atoms with Gasteiger partial charge in [0.15, 0.2) is 0 Å². The molecule has 1 fully saturated rings. The van der Waals surface area contributed by atoms with Gasteiger partial charge in [-0.15, -0.1) is 0 Å². The molecule has 3 heterocycles. The van der Waals surface area contributed by atoms with Crippen molar-refractivity contribution in [1.29, 1.82) is 0 Å². The lowest BCUT2D eigenvalue weighted by atomic mass is 9.76. The number of nitrogens with one attached hydrogen (secondary N) is 1. The first-order valence-corrected chi connectivity index (χ1v) is 13.5. The number of carbonyl (C=O) groups is 2. The molecule has 8 heteroatoms. The number of amides is 1. The van der Waals surface area contributed by atoms with E-state index in [0.717, 1.165) is 15.6 Å². The van der Waals surface area contributed by atoms with Crippen molar-refractivity contribution >= 4 is 33.4 Å². The molecule has 0 aliphatic carbocycles. The minimum absolute atomic E-state index is 0.0686. The van der Waals surface area contributed by atoms with Gasteiger partial charge in [0.05, 0.1) is 17.4 Å². The van der Waals surface area contributed by atoms with Crippen molar-refractivity contribution in [2.45, 2.75) is 76.9 Å². The van der Waals surface area contributed by atoms with Crippen LogP contribution in [0, 0.1) is 5.92 Å². The summed E-state index contributed by atoms with van der Waals surface area (Å²) in [5.74, 6) is -0.763. The lowest BCUT2D eigenvalue weighted by Gasteiger charge is -2.48. The molecule has 3 atom stereocenters. The Balaban J connectivity index is 1.82. The predicted molar refractivity (Wildman–Crippen MR) is 148 cm³/mol. The van der Waals surface area contributed by atoms with E-state index >= 15 is 0 Å². The van der Waals surface area contributed by atoms with E-state index < -0.39 is 17.6 Å². The largest absolute Gasteiger partial charge is 0.480 e. The third-order valence-electron chi connectivity index (χ3n) is 7.14. The molecule has 3 unspecified atom stereocenters. The summed E-state index contributed by atoms with van der Waals surface area (Å²) in [6.45, 7) is 10.7. The number of aromatic nitrogens is 2. The Labute approximate surface area is 227 Å². The average molecular weight is 568 g/mol. The molecule has 0 saturated carbocycles. The second-order valence-electron chi connectivity index (χ2n) is 11.4. The van der Waals surface area contributed by atoms with E-state index in [2.05, 4.69) is 71.9 Å². The summed E-state index contributed by atoms with van der Waals surface area (Å²) in [7, 11) is 0. The summed E-state index contributed by atoms with van der Waals surface area (Å²) in [5.41, 5.74) is 2.42. The average Bonchev–Trinajstić information content (AvgIpc) is 3.34. The zero-order valence-electron chi connectivity index (χ0n) is 22.0. The van der Waals surface area contributed by atoms with Gasteiger partial charge in [-0.05, 0) is 60.4 Å². The van der Waals surface area contributed by atoms with E-state index in [0.29, 0.717) is 30.5 Å². The van der Waals surface area contributed by atoms with E-state index in [9.17, 15) is 14.7 Å². The molecule has 0 spiro atoms. The molecule has 2 aromatic rings. The van der Waals surface area contributed by atoms with Crippen molar-refractivity contribution in [3.63, 3.8) is 0 Å². The molecule has 1 saturated heterocycles. The Morgan fingerprint density at radius 1 is 1.24 bits per heavy atom. The van der Waals surface area contributed by atoms with Crippen LogP contribution in [-0.4, -0.2) is 49.5 Å². The number of carbonyl (C=O) groups excluding carboxylic acids is 1. The highest BCUT2D eigenvalue weighted by atomic mass is 79.9. The molecular formula is C29H35BrN4O3. The fourth-order valence-corrected chi connectivity index (χ4v) is 6.47. The van der Waals surface area contributed by atoms with Gasteiger partial charge >= 0.3 is 5.97 Å². The SMILES string of the molecule is CC(C)CC1(C2CCC(C(=O)O)N2)C=C(c2cnccn2)C=CN1C(=O)c1ccc(C(C)(C)C)c(Br)c1. The summed E-state index contributed by atoms with van der Waals surface area (Å²) < 4.78 is 0.891. The Bertz CT molecular complexity index is 1240. The molecule has 0 bridgehead atoms. The van der Waals surface area contributed by atoms with Gasteiger partial charge in [-0.2, -0.15) is 0 Å². The maximum Gasteiger partial charge on any atom is 0.320 e. The van der Waals surface area contributed by atoms with E-state index in [4.69, 9.17) is 0 Å². The van der Waals surface area contributed by atoms with Crippen molar-refractivity contribution in [2.24, 2.45) is 5.92 Å². The standard InChI is InChI=1S/C29H35BrN4O3/c1-18(2)15-29(25-9-8-23(33-25)27(36)37)16-20(24-17-31-11-12-32-24)10-13-34(29)26(35)19-6-7-21(22(30)14-19)28(3,4)5/h6-7,10-14,16-18,23,25,33H,8-9,15H2,1-5H3,(H,36,37). The second-order valence-corrected chi connectivity index (χ2v) is 12.3. The molecule has 4 rings (SSSR count). The quantitative estimate of drug-likeness (QED) is 0.474. The van der Waals surface area contributed by atoms with Crippen LogP contribution in [0.1, 0.15) is 75.5 Å². The zero-order valence-corrected chi connectivity index (χ0v) is 23.6. The van der Waals surface area contributed by atoms with Crippen molar-refractivity contribution in [1.82, 2.24) is 20.2 Å². The number of carboxylic acids is 1. The summed E-state index contributed by atoms with van der Waals surface area (Å²) in [6.07, 6.45) is 12.6. The predicted octanol–water partition coefficient (Wildman–Crippen LogP) is 5.58. The molecule has 1 aromatic carbocycles. The van der Waals surface area contributed by atoms with Crippen molar-refractivity contribution < 1.29 is 14.7 Å². The molecule has 196 valence electrons. The number of benzene rings is 1. The summed E-state index contributed by atoms with van der Waals surface area (Å²) >= 11 is 3.68. The Morgan fingerprint density at radius 3 is 2.57 bits per heavy atom. The van der Waals surface area contributed by atoms with Gasteiger partial charge in [0.25, 0.3) is 5.91 Å². The number of halogens is 1. The number of rotatable bonds is 6. The first-order chi connectivity index (χ1) is 17.4. The Kier molecular flexibility index (Phi) is 7.72. The molecule has 37 heavy (non-hydrogen) atoms. The fraction of sp³-hybridized carbons (Fsp3) is 0.448. The van der Waals surface area contributed by atoms with Crippen LogP contribution in [0.15, 0.2) is 59.6 Å². The molecule has 1 aromatic heterocycles. The van der Waals surface area contributed by atoms with E-state index in [-0.39, 0.29) is 23.3 Å². The third-order valence-corrected chi connectivity index (χ3v) is 7.80. The number of hydrogen-bond donors (Lipinski definition) is 2. The minimum Gasteiger partial charge on any atom is -0.480 e. The van der Waals surface area contributed by atoms with Gasteiger partial charge in [0.1, 0.15) is 6.04 Å². The van der Waals surface area contributed by atoms with Crippen LogP contribution in [-0.2, 0) is 10.2 Å². The van der Waals surface area contributed by atoms with Gasteiger partial charge in [-0.1, -0.05) is 56.6 Å². The molecule has 2 aliphatic heterocycles. The molecule has 2 N–H and O–H groups in total. The third kappa shape index (κ3) is 5.55. The topological polar surface area (TPSA) is 95.4 Å². The highest BCUT2D eigenvalue weighted by Crippen LogP contribution is 2.41. The van der Waals surface area contributed by atoms with Crippen molar-refractivity contribution in [3.8, 4) is 0 Å². The van der Waals surface area contributed by atoms with Crippen molar-refractivity contribution in [2.75, 3.05) is 0 Å². The Hall–Kier alpha value is -2.84. The molecule has 0 radical (unpaired) electrons. The molecule has 1 amide bonds. The molecule has 2 aliphatic rings. The number of nitrogens with zero attached hydrogens (tertiary/aromatic N) is 3. The first kappa shape index (κ1) is 27.2. The lowest BCUT2D eigenvalue weighted by Crippen LogP contribution is -2.61.